The molecule has 2 aromatic rings. The molecule has 154 valence electrons. The Bertz CT molecular complexity index is 805. The molecule has 8 nitrogen and oxygen atoms in total. The zero-order valence-electron chi connectivity index (χ0n) is 16.2. The number of phenolic OH excluding ortho intramolecular Hbond substituents is 1. The van der Waals surface area contributed by atoms with E-state index < -0.39 is 11.9 Å². The molecule has 2 heterocycles. The summed E-state index contributed by atoms with van der Waals surface area (Å²) < 4.78 is 0. The van der Waals surface area contributed by atoms with Crippen molar-refractivity contribution in [2.45, 2.75) is 13.0 Å². The number of amides is 1. The van der Waals surface area contributed by atoms with Gasteiger partial charge in [0.15, 0.2) is 0 Å². The van der Waals surface area contributed by atoms with Gasteiger partial charge < -0.3 is 15.5 Å². The highest BCUT2D eigenvalue weighted by atomic mass is 16.4. The van der Waals surface area contributed by atoms with E-state index in [2.05, 4.69) is 20.1 Å². The third-order valence-corrected chi connectivity index (χ3v) is 5.00. The minimum Gasteiger partial charge on any atom is -0.508 e. The Hall–Kier alpha value is -2.97. The molecule has 8 heteroatoms. The minimum atomic E-state index is -0.969. The Labute approximate surface area is 169 Å². The van der Waals surface area contributed by atoms with Gasteiger partial charge in [-0.25, -0.2) is 0 Å². The predicted octanol–water partition coefficient (Wildman–Crippen LogP) is 1.63. The van der Waals surface area contributed by atoms with Crippen molar-refractivity contribution in [1.29, 1.82) is 0 Å². The molecule has 1 fully saturated rings. The van der Waals surface area contributed by atoms with Crippen molar-refractivity contribution < 1.29 is 19.8 Å². The second-order valence-corrected chi connectivity index (χ2v) is 7.27. The van der Waals surface area contributed by atoms with Crippen LogP contribution in [0.3, 0.4) is 0 Å². The summed E-state index contributed by atoms with van der Waals surface area (Å²) in [5.74, 6) is -1.98. The second kappa shape index (κ2) is 9.99. The van der Waals surface area contributed by atoms with E-state index >= 15 is 0 Å². The lowest BCUT2D eigenvalue weighted by Gasteiger charge is -2.35. The number of carbonyl (C=O) groups excluding carboxylic acids is 1. The first-order valence-corrected chi connectivity index (χ1v) is 9.65. The number of aromatic hydroxyl groups is 1. The molecule has 1 unspecified atom stereocenters. The van der Waals surface area contributed by atoms with Crippen molar-refractivity contribution in [2.24, 2.45) is 5.92 Å². The summed E-state index contributed by atoms with van der Waals surface area (Å²) in [6.45, 7) is 4.41. The molecule has 1 atom stereocenters. The van der Waals surface area contributed by atoms with Gasteiger partial charge in [0.25, 0.3) is 0 Å². The standard InChI is InChI=1S/C21H26N4O4/c26-19-5-3-18(4-6-19)23-20(27)12-17(21(28)29)15-25-10-8-24(9-11-25)14-16-2-1-7-22-13-16/h1-7,13,17,26H,8-12,14-15H2,(H,23,27)(H,28,29). The van der Waals surface area contributed by atoms with Gasteiger partial charge in [-0.3, -0.25) is 24.4 Å². The van der Waals surface area contributed by atoms with Gasteiger partial charge >= 0.3 is 5.97 Å². The number of anilines is 1. The zero-order valence-corrected chi connectivity index (χ0v) is 16.2. The van der Waals surface area contributed by atoms with Crippen molar-refractivity contribution in [3.05, 3.63) is 54.4 Å². The van der Waals surface area contributed by atoms with Crippen LogP contribution < -0.4 is 5.32 Å². The number of hydrogen-bond acceptors (Lipinski definition) is 6. The van der Waals surface area contributed by atoms with Gasteiger partial charge in [0.1, 0.15) is 5.75 Å². The molecule has 0 radical (unpaired) electrons. The summed E-state index contributed by atoms with van der Waals surface area (Å²) >= 11 is 0. The van der Waals surface area contributed by atoms with E-state index in [0.717, 1.165) is 38.3 Å². The molecule has 0 saturated carbocycles. The van der Waals surface area contributed by atoms with Crippen LogP contribution in [0.15, 0.2) is 48.8 Å². The Kier molecular flexibility index (Phi) is 7.15. The smallest absolute Gasteiger partial charge is 0.308 e. The number of carboxylic acids is 1. The van der Waals surface area contributed by atoms with Crippen molar-refractivity contribution in [1.82, 2.24) is 14.8 Å². The lowest BCUT2D eigenvalue weighted by molar-refractivity contribution is -0.144. The number of phenols is 1. The molecule has 0 bridgehead atoms. The maximum Gasteiger partial charge on any atom is 0.308 e. The van der Waals surface area contributed by atoms with Crippen LogP contribution in [-0.2, 0) is 16.1 Å². The van der Waals surface area contributed by atoms with Crippen LogP contribution in [0.1, 0.15) is 12.0 Å². The molecule has 1 amide bonds. The molecule has 1 aromatic heterocycles. The second-order valence-electron chi connectivity index (χ2n) is 7.27. The first kappa shape index (κ1) is 20.8. The fourth-order valence-electron chi connectivity index (χ4n) is 3.40. The van der Waals surface area contributed by atoms with Crippen molar-refractivity contribution in [3.63, 3.8) is 0 Å². The number of aromatic nitrogens is 1. The Balaban J connectivity index is 1.46. The van der Waals surface area contributed by atoms with E-state index in [1.165, 1.54) is 12.1 Å². The molecule has 29 heavy (non-hydrogen) atoms. The number of nitrogens with one attached hydrogen (secondary N) is 1. The van der Waals surface area contributed by atoms with Gasteiger partial charge in [-0.1, -0.05) is 6.07 Å². The molecule has 0 spiro atoms. The molecule has 0 aliphatic carbocycles. The van der Waals surface area contributed by atoms with Gasteiger partial charge in [0.05, 0.1) is 5.92 Å². The summed E-state index contributed by atoms with van der Waals surface area (Å²) in [6, 6.07) is 10.1. The number of benzene rings is 1. The summed E-state index contributed by atoms with van der Waals surface area (Å²) in [6.07, 6.45) is 3.52. The average Bonchev–Trinajstić information content (AvgIpc) is 2.71. The van der Waals surface area contributed by atoms with Crippen LogP contribution in [0.4, 0.5) is 5.69 Å². The lowest BCUT2D eigenvalue weighted by Crippen LogP contribution is -2.48. The first-order chi connectivity index (χ1) is 14.0. The van der Waals surface area contributed by atoms with Gasteiger partial charge in [0, 0.05) is 63.8 Å². The number of carboxylic acid groups (broad SMARTS) is 1. The fourth-order valence-corrected chi connectivity index (χ4v) is 3.40. The largest absolute Gasteiger partial charge is 0.508 e. The highest BCUT2D eigenvalue weighted by molar-refractivity contribution is 5.93. The lowest BCUT2D eigenvalue weighted by atomic mass is 10.0. The minimum absolute atomic E-state index is 0.0912. The van der Waals surface area contributed by atoms with Crippen LogP contribution in [0.2, 0.25) is 0 Å². The summed E-state index contributed by atoms with van der Waals surface area (Å²) in [4.78, 5) is 32.5. The number of piperazine rings is 1. The Morgan fingerprint density at radius 1 is 1.07 bits per heavy atom. The zero-order chi connectivity index (χ0) is 20.6. The third-order valence-electron chi connectivity index (χ3n) is 5.00. The predicted molar refractivity (Wildman–Crippen MR) is 108 cm³/mol. The first-order valence-electron chi connectivity index (χ1n) is 9.65. The van der Waals surface area contributed by atoms with Gasteiger partial charge in [-0.15, -0.1) is 0 Å². The maximum atomic E-state index is 12.2. The molecule has 1 saturated heterocycles. The van der Waals surface area contributed by atoms with E-state index in [9.17, 15) is 19.8 Å². The molecule has 3 rings (SSSR count). The van der Waals surface area contributed by atoms with Crippen molar-refractivity contribution >= 4 is 17.6 Å². The normalized spacial score (nSPS) is 16.3. The van der Waals surface area contributed by atoms with Gasteiger partial charge in [-0.2, -0.15) is 0 Å². The number of pyridine rings is 1. The highest BCUT2D eigenvalue weighted by Crippen LogP contribution is 2.16. The summed E-state index contributed by atoms with van der Waals surface area (Å²) in [7, 11) is 0. The van der Waals surface area contributed by atoms with Crippen LogP contribution in [-0.4, -0.2) is 69.6 Å². The summed E-state index contributed by atoms with van der Waals surface area (Å²) in [5.41, 5.74) is 1.69. The summed E-state index contributed by atoms with van der Waals surface area (Å²) in [5, 5.41) is 21.5. The van der Waals surface area contributed by atoms with Gasteiger partial charge in [0.2, 0.25) is 5.91 Å². The quantitative estimate of drug-likeness (QED) is 0.581. The number of aliphatic carboxylic acids is 1. The van der Waals surface area contributed by atoms with E-state index in [1.54, 1.807) is 18.3 Å². The number of nitrogens with zero attached hydrogens (tertiary/aromatic N) is 3. The Morgan fingerprint density at radius 3 is 2.38 bits per heavy atom. The third kappa shape index (κ3) is 6.55. The van der Waals surface area contributed by atoms with Crippen molar-refractivity contribution in [2.75, 3.05) is 38.0 Å². The molecule has 3 N–H and O–H groups in total. The molecular formula is C21H26N4O4. The topological polar surface area (TPSA) is 106 Å². The van der Waals surface area contributed by atoms with Crippen LogP contribution >= 0.6 is 0 Å². The molecule has 1 aromatic carbocycles. The van der Waals surface area contributed by atoms with Crippen LogP contribution in [0.25, 0.3) is 0 Å². The molecule has 1 aliphatic rings. The fraction of sp³-hybridized carbons (Fsp3) is 0.381. The van der Waals surface area contributed by atoms with E-state index in [0.29, 0.717) is 12.2 Å². The van der Waals surface area contributed by atoms with E-state index in [1.807, 2.05) is 18.3 Å². The van der Waals surface area contributed by atoms with Crippen LogP contribution in [0.5, 0.6) is 5.75 Å². The Morgan fingerprint density at radius 2 is 1.76 bits per heavy atom. The average molecular weight is 398 g/mol. The maximum absolute atomic E-state index is 12.2. The SMILES string of the molecule is O=C(CC(CN1CCN(Cc2cccnc2)CC1)C(=O)O)Nc1ccc(O)cc1. The number of carbonyl (C=O) groups is 2. The van der Waals surface area contributed by atoms with Gasteiger partial charge in [-0.05, 0) is 35.9 Å². The van der Waals surface area contributed by atoms with Crippen molar-refractivity contribution in [3.8, 4) is 5.75 Å². The van der Waals surface area contributed by atoms with E-state index in [-0.39, 0.29) is 18.1 Å². The van der Waals surface area contributed by atoms with Crippen LogP contribution in [0, 0.1) is 5.92 Å². The number of hydrogen-bond donors (Lipinski definition) is 3. The monoisotopic (exact) mass is 398 g/mol. The molecular weight excluding hydrogens is 372 g/mol. The number of rotatable bonds is 8. The van der Waals surface area contributed by atoms with E-state index in [4.69, 9.17) is 0 Å². The molecule has 1 aliphatic heterocycles. The highest BCUT2D eigenvalue weighted by Gasteiger charge is 2.26.